The van der Waals surface area contributed by atoms with Gasteiger partial charge in [-0.15, -0.1) is 0 Å². The van der Waals surface area contributed by atoms with E-state index >= 15 is 0 Å². The number of methoxy groups -OCH3 is 1. The van der Waals surface area contributed by atoms with E-state index in [1.54, 1.807) is 7.11 Å². The highest BCUT2D eigenvalue weighted by Crippen LogP contribution is 2.28. The maximum Gasteiger partial charge on any atom is 0.223 e. The lowest BCUT2D eigenvalue weighted by Crippen LogP contribution is -2.46. The quantitative estimate of drug-likeness (QED) is 0.616. The molecule has 0 spiro atoms. The fraction of sp³-hybridized carbons (Fsp3) is 0.480. The van der Waals surface area contributed by atoms with Gasteiger partial charge >= 0.3 is 0 Å². The summed E-state index contributed by atoms with van der Waals surface area (Å²) < 4.78 is 5.42. The average molecular weight is 439 g/mol. The molecule has 1 atom stereocenters. The third-order valence-electron chi connectivity index (χ3n) is 6.30. The molecular formula is C25H34N4O3. The van der Waals surface area contributed by atoms with Crippen LogP contribution in [0.25, 0.3) is 0 Å². The number of benzene rings is 1. The van der Waals surface area contributed by atoms with E-state index < -0.39 is 5.91 Å². The molecule has 2 amide bonds. The van der Waals surface area contributed by atoms with Crippen LogP contribution in [-0.4, -0.2) is 59.9 Å². The minimum Gasteiger partial charge on any atom is -0.497 e. The van der Waals surface area contributed by atoms with Crippen molar-refractivity contribution in [1.29, 1.82) is 0 Å². The standard InChI is InChI=1S/C25H34N4O3/c1-28(18-21-7-3-4-13-27-21)23(17-19-6-5-8-22(16-19)32-2)20-11-14-29(15-12-20)25(31)10-9-24(26)30/h3-8,13,16,20,23H,9-12,14-15,17-18H2,1-2H3,(H2,26,30). The molecular weight excluding hydrogens is 404 g/mol. The smallest absolute Gasteiger partial charge is 0.223 e. The van der Waals surface area contributed by atoms with Crippen LogP contribution < -0.4 is 10.5 Å². The molecule has 1 aromatic carbocycles. The molecule has 1 unspecified atom stereocenters. The number of carbonyl (C=O) groups excluding carboxylic acids is 2. The predicted octanol–water partition coefficient (Wildman–Crippen LogP) is 2.64. The fourth-order valence-corrected chi connectivity index (χ4v) is 4.51. The van der Waals surface area contributed by atoms with Crippen LogP contribution in [0.2, 0.25) is 0 Å². The monoisotopic (exact) mass is 438 g/mol. The number of piperidine rings is 1. The van der Waals surface area contributed by atoms with Crippen molar-refractivity contribution < 1.29 is 14.3 Å². The third-order valence-corrected chi connectivity index (χ3v) is 6.30. The Morgan fingerprint density at radius 3 is 2.62 bits per heavy atom. The molecule has 172 valence electrons. The van der Waals surface area contributed by atoms with Gasteiger partial charge in [0.15, 0.2) is 0 Å². The lowest BCUT2D eigenvalue weighted by molar-refractivity contribution is -0.134. The van der Waals surface area contributed by atoms with E-state index in [2.05, 4.69) is 35.1 Å². The number of hydrogen-bond donors (Lipinski definition) is 1. The molecule has 0 aliphatic carbocycles. The summed E-state index contributed by atoms with van der Waals surface area (Å²) in [6.07, 6.45) is 4.92. The average Bonchev–Trinajstić information content (AvgIpc) is 2.82. The SMILES string of the molecule is COc1cccc(CC(C2CCN(C(=O)CCC(N)=O)CC2)N(C)Cc2ccccn2)c1. The van der Waals surface area contributed by atoms with Gasteiger partial charge in [0, 0.05) is 44.7 Å². The first kappa shape index (κ1) is 23.7. The molecule has 2 heterocycles. The molecule has 1 aromatic heterocycles. The topological polar surface area (TPSA) is 88.8 Å². The van der Waals surface area contributed by atoms with Crippen LogP contribution in [0.15, 0.2) is 48.7 Å². The van der Waals surface area contributed by atoms with Gasteiger partial charge < -0.3 is 15.4 Å². The number of amides is 2. The highest BCUT2D eigenvalue weighted by molar-refractivity contribution is 5.82. The Balaban J connectivity index is 1.69. The molecule has 0 radical (unpaired) electrons. The van der Waals surface area contributed by atoms with Gasteiger partial charge in [-0.05, 0) is 62.1 Å². The summed E-state index contributed by atoms with van der Waals surface area (Å²) in [6, 6.07) is 14.6. The number of aromatic nitrogens is 1. The fourth-order valence-electron chi connectivity index (χ4n) is 4.51. The predicted molar refractivity (Wildman–Crippen MR) is 124 cm³/mol. The number of carbonyl (C=O) groups is 2. The number of nitrogens with two attached hydrogens (primary N) is 1. The number of hydrogen-bond acceptors (Lipinski definition) is 5. The van der Waals surface area contributed by atoms with E-state index in [0.717, 1.165) is 37.3 Å². The molecule has 1 aliphatic rings. The Kier molecular flexibility index (Phi) is 8.62. The number of primary amides is 1. The maximum absolute atomic E-state index is 12.4. The molecule has 32 heavy (non-hydrogen) atoms. The number of ether oxygens (including phenoxy) is 1. The Morgan fingerprint density at radius 2 is 1.97 bits per heavy atom. The van der Waals surface area contributed by atoms with Gasteiger partial charge in [0.1, 0.15) is 5.75 Å². The largest absolute Gasteiger partial charge is 0.497 e. The summed E-state index contributed by atoms with van der Waals surface area (Å²) in [5, 5.41) is 0. The van der Waals surface area contributed by atoms with Crippen molar-refractivity contribution >= 4 is 11.8 Å². The highest BCUT2D eigenvalue weighted by Gasteiger charge is 2.31. The van der Waals surface area contributed by atoms with Gasteiger partial charge in [-0.1, -0.05) is 18.2 Å². The second-order valence-electron chi connectivity index (χ2n) is 8.54. The minimum absolute atomic E-state index is 0.0217. The van der Waals surface area contributed by atoms with Crippen molar-refractivity contribution in [1.82, 2.24) is 14.8 Å². The molecule has 1 saturated heterocycles. The first-order valence-corrected chi connectivity index (χ1v) is 11.3. The normalized spacial score (nSPS) is 15.5. The summed E-state index contributed by atoms with van der Waals surface area (Å²) in [5.41, 5.74) is 7.48. The minimum atomic E-state index is -0.428. The van der Waals surface area contributed by atoms with E-state index in [-0.39, 0.29) is 18.7 Å². The van der Waals surface area contributed by atoms with Crippen LogP contribution in [0.3, 0.4) is 0 Å². The van der Waals surface area contributed by atoms with Gasteiger partial charge in [-0.25, -0.2) is 0 Å². The number of likely N-dealkylation sites (tertiary alicyclic amines) is 1. The van der Waals surface area contributed by atoms with Crippen LogP contribution in [0, 0.1) is 5.92 Å². The number of pyridine rings is 1. The number of rotatable bonds is 10. The molecule has 2 aromatic rings. The maximum atomic E-state index is 12.4. The van der Waals surface area contributed by atoms with E-state index in [0.29, 0.717) is 25.0 Å². The van der Waals surface area contributed by atoms with E-state index in [1.165, 1.54) is 5.56 Å². The Bertz CT molecular complexity index is 882. The Hall–Kier alpha value is -2.93. The van der Waals surface area contributed by atoms with E-state index in [4.69, 9.17) is 10.5 Å². The van der Waals surface area contributed by atoms with Gasteiger partial charge in [-0.3, -0.25) is 19.5 Å². The first-order chi connectivity index (χ1) is 15.5. The number of likely N-dealkylation sites (N-methyl/N-ethyl adjacent to an activating group) is 1. The Morgan fingerprint density at radius 1 is 1.19 bits per heavy atom. The van der Waals surface area contributed by atoms with E-state index in [1.807, 2.05) is 35.4 Å². The van der Waals surface area contributed by atoms with Gasteiger partial charge in [0.2, 0.25) is 11.8 Å². The summed E-state index contributed by atoms with van der Waals surface area (Å²) >= 11 is 0. The van der Waals surface area contributed by atoms with Crippen molar-refractivity contribution in [3.8, 4) is 5.75 Å². The van der Waals surface area contributed by atoms with Crippen molar-refractivity contribution in [2.45, 2.75) is 44.7 Å². The van der Waals surface area contributed by atoms with Gasteiger partial charge in [0.25, 0.3) is 0 Å². The summed E-state index contributed by atoms with van der Waals surface area (Å²) in [7, 11) is 3.85. The lowest BCUT2D eigenvalue weighted by Gasteiger charge is -2.40. The Labute approximate surface area is 190 Å². The van der Waals surface area contributed by atoms with Crippen LogP contribution in [0.5, 0.6) is 5.75 Å². The van der Waals surface area contributed by atoms with Crippen LogP contribution in [0.4, 0.5) is 0 Å². The second-order valence-corrected chi connectivity index (χ2v) is 8.54. The summed E-state index contributed by atoms with van der Waals surface area (Å²) in [6.45, 7) is 2.20. The van der Waals surface area contributed by atoms with Crippen molar-refractivity contribution in [2.75, 3.05) is 27.2 Å². The number of nitrogens with zero attached hydrogens (tertiary/aromatic N) is 3. The zero-order chi connectivity index (χ0) is 22.9. The van der Waals surface area contributed by atoms with Crippen molar-refractivity contribution in [3.63, 3.8) is 0 Å². The molecule has 3 rings (SSSR count). The van der Waals surface area contributed by atoms with Crippen LogP contribution in [-0.2, 0) is 22.6 Å². The first-order valence-electron chi connectivity index (χ1n) is 11.3. The van der Waals surface area contributed by atoms with Gasteiger partial charge in [0.05, 0.1) is 12.8 Å². The van der Waals surface area contributed by atoms with Crippen LogP contribution in [0.1, 0.15) is 36.9 Å². The van der Waals surface area contributed by atoms with Crippen LogP contribution >= 0.6 is 0 Å². The zero-order valence-electron chi connectivity index (χ0n) is 19.1. The van der Waals surface area contributed by atoms with Gasteiger partial charge in [-0.2, -0.15) is 0 Å². The molecule has 7 nitrogen and oxygen atoms in total. The summed E-state index contributed by atoms with van der Waals surface area (Å²) in [5.74, 6) is 0.912. The summed E-state index contributed by atoms with van der Waals surface area (Å²) in [4.78, 5) is 32.2. The molecule has 7 heteroatoms. The molecule has 1 fully saturated rings. The molecule has 1 aliphatic heterocycles. The third kappa shape index (κ3) is 6.79. The lowest BCUT2D eigenvalue weighted by atomic mass is 9.84. The van der Waals surface area contributed by atoms with Crippen molar-refractivity contribution in [2.24, 2.45) is 11.7 Å². The van der Waals surface area contributed by atoms with Crippen molar-refractivity contribution in [3.05, 3.63) is 59.9 Å². The molecule has 2 N–H and O–H groups in total. The zero-order valence-corrected chi connectivity index (χ0v) is 19.1. The molecule has 0 saturated carbocycles. The highest BCUT2D eigenvalue weighted by atomic mass is 16.5. The van der Waals surface area contributed by atoms with E-state index in [9.17, 15) is 9.59 Å². The molecule has 0 bridgehead atoms. The second kappa shape index (κ2) is 11.6.